The molecule has 0 saturated carbocycles. The summed E-state index contributed by atoms with van der Waals surface area (Å²) in [7, 11) is 0. The number of aliphatic hydroxyl groups excluding tert-OH is 2. The number of aromatic nitrogens is 1. The Labute approximate surface area is 233 Å². The van der Waals surface area contributed by atoms with E-state index in [-0.39, 0.29) is 6.10 Å². The van der Waals surface area contributed by atoms with Gasteiger partial charge in [-0.3, -0.25) is 0 Å². The van der Waals surface area contributed by atoms with Gasteiger partial charge in [0, 0.05) is 16.8 Å². The van der Waals surface area contributed by atoms with Crippen LogP contribution in [-0.4, -0.2) is 33.5 Å². The molecule has 0 bridgehead atoms. The summed E-state index contributed by atoms with van der Waals surface area (Å²) in [6.45, 7) is 6.36. The number of hydrogen-bond acceptors (Lipinski definition) is 4. The van der Waals surface area contributed by atoms with Gasteiger partial charge in [0.15, 0.2) is 0 Å². The van der Waals surface area contributed by atoms with Crippen LogP contribution in [0.2, 0.25) is 5.02 Å². The lowest BCUT2D eigenvalue weighted by atomic mass is 9.89. The number of fused-ring (bicyclic) bond motifs is 2. The van der Waals surface area contributed by atoms with Crippen molar-refractivity contribution in [3.8, 4) is 0 Å². The molecule has 0 aliphatic carbocycles. The smallest absolute Gasteiger partial charge is 0.105 e. The van der Waals surface area contributed by atoms with Gasteiger partial charge in [-0.15, -0.1) is 0 Å². The lowest BCUT2D eigenvalue weighted by molar-refractivity contribution is -0.0941. The van der Waals surface area contributed by atoms with Gasteiger partial charge < -0.3 is 14.9 Å². The molecule has 38 heavy (non-hydrogen) atoms. The van der Waals surface area contributed by atoms with Gasteiger partial charge in [-0.05, 0) is 82.2 Å². The first-order chi connectivity index (χ1) is 18.3. The van der Waals surface area contributed by atoms with Crippen molar-refractivity contribution in [3.05, 3.63) is 89.2 Å². The van der Waals surface area contributed by atoms with Crippen molar-refractivity contribution in [2.24, 2.45) is 0 Å². The number of rotatable bonds is 14. The second kappa shape index (κ2) is 15.4. The lowest BCUT2D eigenvalue weighted by Crippen LogP contribution is -2.37. The van der Waals surface area contributed by atoms with Crippen LogP contribution in [-0.2, 0) is 16.8 Å². The first-order valence-electron chi connectivity index (χ1n) is 14.1. The maximum absolute atomic E-state index is 10.4. The first-order valence-corrected chi connectivity index (χ1v) is 14.5. The Hall–Kier alpha value is -2.24. The predicted octanol–water partition coefficient (Wildman–Crippen LogP) is 8.15. The average Bonchev–Trinajstić information content (AvgIpc) is 2.87. The summed E-state index contributed by atoms with van der Waals surface area (Å²) in [5, 5.41) is 22.1. The second-order valence-electron chi connectivity index (χ2n) is 10.7. The molecular formula is C33H44ClNO3. The average molecular weight is 538 g/mol. The normalized spacial score (nSPS) is 19.3. The number of allylic oxidation sites excluding steroid dienone is 5. The van der Waals surface area contributed by atoms with Crippen LogP contribution in [0.15, 0.2) is 72.9 Å². The number of benzene rings is 1. The molecule has 2 aromatic rings. The molecule has 1 aliphatic rings. The fourth-order valence-corrected chi connectivity index (χ4v) is 5.08. The molecule has 3 rings (SSSR count). The number of pyridine rings is 1. The minimum Gasteiger partial charge on any atom is -0.389 e. The first kappa shape index (κ1) is 30.3. The Morgan fingerprint density at radius 3 is 2.55 bits per heavy atom. The number of aliphatic hydroxyl groups is 2. The summed E-state index contributed by atoms with van der Waals surface area (Å²) in [6.07, 6.45) is 23.0. The molecule has 1 unspecified atom stereocenters. The van der Waals surface area contributed by atoms with E-state index in [0.29, 0.717) is 17.9 Å². The Kier molecular flexibility index (Phi) is 12.3. The molecule has 5 heteroatoms. The Balaban J connectivity index is 1.39. The topological polar surface area (TPSA) is 62.6 Å². The van der Waals surface area contributed by atoms with Crippen LogP contribution in [0.3, 0.4) is 0 Å². The number of unbranched alkanes of at least 4 members (excludes halogenated alkanes) is 3. The van der Waals surface area contributed by atoms with Crippen molar-refractivity contribution in [1.29, 1.82) is 0 Å². The third-order valence-electron chi connectivity index (χ3n) is 6.88. The number of halogens is 1. The van der Waals surface area contributed by atoms with Crippen molar-refractivity contribution < 1.29 is 14.9 Å². The molecule has 0 spiro atoms. The van der Waals surface area contributed by atoms with Gasteiger partial charge in [0.1, 0.15) is 5.60 Å². The van der Waals surface area contributed by atoms with Gasteiger partial charge in [-0.1, -0.05) is 80.0 Å². The quantitative estimate of drug-likeness (QED) is 0.145. The van der Waals surface area contributed by atoms with Crippen LogP contribution in [0.4, 0.5) is 0 Å². The van der Waals surface area contributed by atoms with Crippen LogP contribution in [0.1, 0.15) is 83.4 Å². The zero-order valence-electron chi connectivity index (χ0n) is 23.2. The molecule has 0 radical (unpaired) electrons. The van der Waals surface area contributed by atoms with Crippen LogP contribution >= 0.6 is 11.6 Å². The van der Waals surface area contributed by atoms with E-state index in [1.165, 1.54) is 24.8 Å². The van der Waals surface area contributed by atoms with Crippen LogP contribution < -0.4 is 0 Å². The largest absolute Gasteiger partial charge is 0.389 e. The van der Waals surface area contributed by atoms with Gasteiger partial charge in [0.2, 0.25) is 0 Å². The molecule has 1 aromatic carbocycles. The number of nitrogens with zero attached hydrogens (tertiary/aromatic N) is 1. The molecule has 1 aliphatic heterocycles. The third kappa shape index (κ3) is 9.81. The van der Waals surface area contributed by atoms with Crippen molar-refractivity contribution in [3.63, 3.8) is 0 Å². The highest BCUT2D eigenvalue weighted by molar-refractivity contribution is 6.31. The minimum absolute atomic E-state index is 0.0924. The van der Waals surface area contributed by atoms with E-state index in [2.05, 4.69) is 39.0 Å². The summed E-state index contributed by atoms with van der Waals surface area (Å²) >= 11 is 6.19. The van der Waals surface area contributed by atoms with E-state index in [1.807, 2.05) is 42.5 Å². The van der Waals surface area contributed by atoms with Crippen molar-refractivity contribution in [1.82, 2.24) is 4.98 Å². The molecule has 0 fully saturated rings. The van der Waals surface area contributed by atoms with Crippen LogP contribution in [0.5, 0.6) is 0 Å². The van der Waals surface area contributed by atoms with E-state index in [0.717, 1.165) is 42.3 Å². The summed E-state index contributed by atoms with van der Waals surface area (Å²) < 4.78 is 6.41. The Bertz CT molecular complexity index is 1130. The summed E-state index contributed by atoms with van der Waals surface area (Å²) in [6, 6.07) is 7.99. The fourth-order valence-electron chi connectivity index (χ4n) is 4.90. The zero-order valence-corrected chi connectivity index (χ0v) is 23.9. The summed E-state index contributed by atoms with van der Waals surface area (Å²) in [5.41, 5.74) is 2.69. The summed E-state index contributed by atoms with van der Waals surface area (Å²) in [5.74, 6) is 0. The molecule has 2 N–H and O–H groups in total. The second-order valence-corrected chi connectivity index (χ2v) is 11.1. The highest BCUT2D eigenvalue weighted by Gasteiger charge is 2.35. The number of ether oxygens (including phenoxy) is 1. The highest BCUT2D eigenvalue weighted by Crippen LogP contribution is 2.37. The van der Waals surface area contributed by atoms with Crippen molar-refractivity contribution >= 4 is 22.5 Å². The molecule has 2 heterocycles. The molecule has 3 atom stereocenters. The van der Waals surface area contributed by atoms with E-state index in [1.54, 1.807) is 12.2 Å². The third-order valence-corrected chi connectivity index (χ3v) is 7.11. The van der Waals surface area contributed by atoms with Crippen molar-refractivity contribution in [2.75, 3.05) is 0 Å². The molecular weight excluding hydrogens is 494 g/mol. The van der Waals surface area contributed by atoms with E-state index < -0.39 is 17.8 Å². The monoisotopic (exact) mass is 537 g/mol. The highest BCUT2D eigenvalue weighted by atomic mass is 35.5. The predicted molar refractivity (Wildman–Crippen MR) is 160 cm³/mol. The molecule has 1 aromatic heterocycles. The SMILES string of the molecule is CCCCC/C=C\C[C@@H](O)/C=C/C=C/C=C\[C@@H](O)CCCC1Cc2cc3cc(Cl)ccc3nc2C(C)(C)O1. The number of hydrogen-bond donors (Lipinski definition) is 2. The molecule has 0 saturated heterocycles. The van der Waals surface area contributed by atoms with Crippen LogP contribution in [0, 0.1) is 0 Å². The maximum Gasteiger partial charge on any atom is 0.105 e. The van der Waals surface area contributed by atoms with Gasteiger partial charge in [0.25, 0.3) is 0 Å². The van der Waals surface area contributed by atoms with Gasteiger partial charge >= 0.3 is 0 Å². The van der Waals surface area contributed by atoms with Crippen LogP contribution in [0.25, 0.3) is 10.9 Å². The maximum atomic E-state index is 10.4. The van der Waals surface area contributed by atoms with Gasteiger partial charge in [-0.25, -0.2) is 4.98 Å². The van der Waals surface area contributed by atoms with E-state index in [9.17, 15) is 10.2 Å². The Morgan fingerprint density at radius 2 is 1.79 bits per heavy atom. The van der Waals surface area contributed by atoms with E-state index >= 15 is 0 Å². The minimum atomic E-state index is -0.497. The Morgan fingerprint density at radius 1 is 1.03 bits per heavy atom. The van der Waals surface area contributed by atoms with Gasteiger partial charge in [0.05, 0.1) is 29.5 Å². The standard InChI is InChI=1S/C33H44ClNO3/c1-4-5-6-7-8-11-15-28(36)16-12-9-10-13-17-29(37)18-14-19-30-24-26-22-25-23-27(34)20-21-31(25)35-32(26)33(2,3)38-30/h8-13,16-17,20-23,28-30,36-37H,4-7,14-15,18-19,24H2,1-3H3/b10-9+,11-8-,16-12+,17-13-/t28-,29-,30?/m1/s1. The van der Waals surface area contributed by atoms with Gasteiger partial charge in [-0.2, -0.15) is 0 Å². The summed E-state index contributed by atoms with van der Waals surface area (Å²) in [4.78, 5) is 4.88. The fraction of sp³-hybridized carbons (Fsp3) is 0.485. The zero-order chi connectivity index (χ0) is 27.4. The molecule has 0 amide bonds. The van der Waals surface area contributed by atoms with E-state index in [4.69, 9.17) is 21.3 Å². The van der Waals surface area contributed by atoms with Crippen molar-refractivity contribution in [2.45, 2.75) is 102 Å². The molecule has 206 valence electrons. The molecule has 4 nitrogen and oxygen atoms in total. The lowest BCUT2D eigenvalue weighted by Gasteiger charge is -2.37.